The molecule has 0 N–H and O–H groups in total. The first-order chi connectivity index (χ1) is 7.79. The molecule has 2 aromatic rings. The van der Waals surface area contributed by atoms with Crippen molar-refractivity contribution < 1.29 is 0 Å². The number of aromatic nitrogens is 2. The molecule has 2 aromatic heterocycles. The van der Waals surface area contributed by atoms with Gasteiger partial charge in [-0.05, 0) is 29.8 Å². The third-order valence-electron chi connectivity index (χ3n) is 2.09. The standard InChI is InChI=1S/C12H10N2S2/c15-11(9-4-7-13-8-5-9)12(16)10-3-1-2-6-14-10/h1-8,15-16H/b12-11+. The van der Waals surface area contributed by atoms with Crippen LogP contribution in [-0.4, -0.2) is 9.97 Å². The van der Waals surface area contributed by atoms with Gasteiger partial charge in [0.25, 0.3) is 0 Å². The normalized spacial score (nSPS) is 12.1. The second-order valence-electron chi connectivity index (χ2n) is 3.15. The Balaban J connectivity index is 2.43. The van der Waals surface area contributed by atoms with Crippen LogP contribution in [0.5, 0.6) is 0 Å². The number of thiol groups is 2. The van der Waals surface area contributed by atoms with Crippen LogP contribution in [0.3, 0.4) is 0 Å². The minimum Gasteiger partial charge on any atom is -0.265 e. The molecule has 0 atom stereocenters. The summed E-state index contributed by atoms with van der Waals surface area (Å²) in [6, 6.07) is 9.48. The van der Waals surface area contributed by atoms with Gasteiger partial charge in [-0.25, -0.2) is 0 Å². The van der Waals surface area contributed by atoms with Crippen molar-refractivity contribution in [3.05, 3.63) is 60.2 Å². The van der Waals surface area contributed by atoms with Gasteiger partial charge in [-0.3, -0.25) is 9.97 Å². The Morgan fingerprint density at radius 2 is 1.62 bits per heavy atom. The lowest BCUT2D eigenvalue weighted by molar-refractivity contribution is 1.29. The third-order valence-corrected chi connectivity index (χ3v) is 3.20. The second kappa shape index (κ2) is 5.18. The molecule has 2 heterocycles. The van der Waals surface area contributed by atoms with E-state index in [0.717, 1.165) is 21.1 Å². The fourth-order valence-corrected chi connectivity index (χ4v) is 1.80. The van der Waals surface area contributed by atoms with Crippen molar-refractivity contribution in [2.75, 3.05) is 0 Å². The van der Waals surface area contributed by atoms with E-state index in [9.17, 15) is 0 Å². The topological polar surface area (TPSA) is 25.8 Å². The molecule has 2 nitrogen and oxygen atoms in total. The van der Waals surface area contributed by atoms with Gasteiger partial charge >= 0.3 is 0 Å². The maximum absolute atomic E-state index is 4.46. The lowest BCUT2D eigenvalue weighted by Crippen LogP contribution is -1.86. The van der Waals surface area contributed by atoms with Gasteiger partial charge in [0.1, 0.15) is 0 Å². The van der Waals surface area contributed by atoms with Crippen LogP contribution in [0.2, 0.25) is 0 Å². The SMILES string of the molecule is S/C(=C(/S)c1ccccn1)c1ccncc1. The molecular weight excluding hydrogens is 236 g/mol. The first-order valence-corrected chi connectivity index (χ1v) is 5.62. The molecule has 0 saturated heterocycles. The van der Waals surface area contributed by atoms with E-state index in [4.69, 9.17) is 0 Å². The summed E-state index contributed by atoms with van der Waals surface area (Å²) in [6.45, 7) is 0. The lowest BCUT2D eigenvalue weighted by Gasteiger charge is -2.05. The van der Waals surface area contributed by atoms with Gasteiger partial charge in [0, 0.05) is 28.4 Å². The van der Waals surface area contributed by atoms with Crippen LogP contribution < -0.4 is 0 Å². The highest BCUT2D eigenvalue weighted by Gasteiger charge is 2.05. The zero-order chi connectivity index (χ0) is 11.4. The van der Waals surface area contributed by atoms with Crippen LogP contribution in [0.1, 0.15) is 11.3 Å². The monoisotopic (exact) mass is 246 g/mol. The smallest absolute Gasteiger partial charge is 0.0774 e. The summed E-state index contributed by atoms with van der Waals surface area (Å²) in [4.78, 5) is 9.74. The third kappa shape index (κ3) is 2.46. The van der Waals surface area contributed by atoms with E-state index >= 15 is 0 Å². The molecule has 0 fully saturated rings. The lowest BCUT2D eigenvalue weighted by atomic mass is 10.2. The van der Waals surface area contributed by atoms with Crippen LogP contribution in [0.25, 0.3) is 9.81 Å². The summed E-state index contributed by atoms with van der Waals surface area (Å²) in [5.74, 6) is 0. The maximum Gasteiger partial charge on any atom is 0.0774 e. The highest BCUT2D eigenvalue weighted by Crippen LogP contribution is 2.30. The highest BCUT2D eigenvalue weighted by atomic mass is 32.1. The zero-order valence-corrected chi connectivity index (χ0v) is 10.2. The van der Waals surface area contributed by atoms with Crippen molar-refractivity contribution in [2.24, 2.45) is 0 Å². The van der Waals surface area contributed by atoms with Crippen molar-refractivity contribution in [2.45, 2.75) is 0 Å². The minimum absolute atomic E-state index is 0.759. The highest BCUT2D eigenvalue weighted by molar-refractivity contribution is 7.96. The Kier molecular flexibility index (Phi) is 3.64. The molecule has 0 spiro atoms. The summed E-state index contributed by atoms with van der Waals surface area (Å²) in [7, 11) is 0. The summed E-state index contributed by atoms with van der Waals surface area (Å²) < 4.78 is 0. The Morgan fingerprint density at radius 1 is 0.875 bits per heavy atom. The molecule has 0 aliphatic carbocycles. The number of nitrogens with zero attached hydrogens (tertiary/aromatic N) is 2. The van der Waals surface area contributed by atoms with Crippen LogP contribution >= 0.6 is 25.3 Å². The van der Waals surface area contributed by atoms with E-state index < -0.39 is 0 Å². The molecule has 16 heavy (non-hydrogen) atoms. The van der Waals surface area contributed by atoms with Gasteiger partial charge in [0.05, 0.1) is 5.69 Å². The van der Waals surface area contributed by atoms with E-state index in [0.29, 0.717) is 0 Å². The molecule has 4 heteroatoms. The summed E-state index contributed by atoms with van der Waals surface area (Å²) in [5.41, 5.74) is 1.79. The predicted octanol–water partition coefficient (Wildman–Crippen LogP) is 3.16. The van der Waals surface area contributed by atoms with Gasteiger partial charge in [-0.15, -0.1) is 25.3 Å². The average molecular weight is 246 g/mol. The number of hydrogen-bond donors (Lipinski definition) is 2. The summed E-state index contributed by atoms with van der Waals surface area (Å²) >= 11 is 8.91. The van der Waals surface area contributed by atoms with Crippen LogP contribution in [-0.2, 0) is 0 Å². The fourth-order valence-electron chi connectivity index (χ4n) is 1.27. The fraction of sp³-hybridized carbons (Fsp3) is 0. The van der Waals surface area contributed by atoms with Gasteiger partial charge in [-0.2, -0.15) is 0 Å². The van der Waals surface area contributed by atoms with E-state index in [2.05, 4.69) is 35.2 Å². The Morgan fingerprint density at radius 3 is 2.25 bits per heavy atom. The van der Waals surface area contributed by atoms with Crippen molar-refractivity contribution in [3.63, 3.8) is 0 Å². The molecule has 0 amide bonds. The summed E-state index contributed by atoms with van der Waals surface area (Å²) in [5, 5.41) is 0. The Hall–Kier alpha value is -1.26. The van der Waals surface area contributed by atoms with Crippen LogP contribution in [0, 0.1) is 0 Å². The molecule has 0 radical (unpaired) electrons. The quantitative estimate of drug-likeness (QED) is 0.796. The van der Waals surface area contributed by atoms with Gasteiger partial charge in [0.15, 0.2) is 0 Å². The summed E-state index contributed by atoms with van der Waals surface area (Å²) in [6.07, 6.45) is 5.19. The van der Waals surface area contributed by atoms with E-state index in [1.807, 2.05) is 30.3 Å². The van der Waals surface area contributed by atoms with Crippen molar-refractivity contribution in [3.8, 4) is 0 Å². The first kappa shape index (κ1) is 11.2. The predicted molar refractivity (Wildman–Crippen MR) is 73.3 cm³/mol. The maximum atomic E-state index is 4.46. The van der Waals surface area contributed by atoms with Crippen LogP contribution in [0.4, 0.5) is 0 Å². The van der Waals surface area contributed by atoms with Crippen molar-refractivity contribution >= 4 is 35.1 Å². The van der Waals surface area contributed by atoms with Gasteiger partial charge in [0.2, 0.25) is 0 Å². The molecule has 0 bridgehead atoms. The molecule has 80 valence electrons. The van der Waals surface area contributed by atoms with E-state index in [1.54, 1.807) is 18.6 Å². The average Bonchev–Trinajstić information content (AvgIpc) is 2.39. The number of pyridine rings is 2. The number of rotatable bonds is 2. The largest absolute Gasteiger partial charge is 0.265 e. The van der Waals surface area contributed by atoms with E-state index in [1.165, 1.54) is 0 Å². The van der Waals surface area contributed by atoms with Gasteiger partial charge in [-0.1, -0.05) is 6.07 Å². The Bertz CT molecular complexity index is 447. The zero-order valence-electron chi connectivity index (χ0n) is 8.41. The molecular formula is C12H10N2S2. The first-order valence-electron chi connectivity index (χ1n) is 4.73. The van der Waals surface area contributed by atoms with Crippen molar-refractivity contribution in [1.29, 1.82) is 0 Å². The molecule has 0 unspecified atom stereocenters. The van der Waals surface area contributed by atoms with Crippen molar-refractivity contribution in [1.82, 2.24) is 9.97 Å². The molecule has 2 rings (SSSR count). The van der Waals surface area contributed by atoms with Crippen LogP contribution in [0.15, 0.2) is 48.9 Å². The molecule has 0 aliphatic rings. The number of hydrogen-bond acceptors (Lipinski definition) is 4. The molecule has 0 aromatic carbocycles. The minimum atomic E-state index is 0.759. The van der Waals surface area contributed by atoms with E-state index in [-0.39, 0.29) is 0 Å². The second-order valence-corrected chi connectivity index (χ2v) is 4.04. The Labute approximate surface area is 105 Å². The molecule has 0 aliphatic heterocycles. The van der Waals surface area contributed by atoms with Gasteiger partial charge < -0.3 is 0 Å². The molecule has 0 saturated carbocycles.